The van der Waals surface area contributed by atoms with E-state index in [2.05, 4.69) is 43.4 Å². The van der Waals surface area contributed by atoms with Crippen LogP contribution >= 0.6 is 0 Å². The fourth-order valence-corrected chi connectivity index (χ4v) is 2.47. The Hall–Kier alpha value is -1.51. The van der Waals surface area contributed by atoms with E-state index in [1.807, 2.05) is 4.90 Å². The molecule has 1 aliphatic rings. The summed E-state index contributed by atoms with van der Waals surface area (Å²) in [4.78, 5) is 14.1. The molecular formula is C17H26N2O. The van der Waals surface area contributed by atoms with Gasteiger partial charge in [-0.05, 0) is 50.3 Å². The summed E-state index contributed by atoms with van der Waals surface area (Å²) in [5.41, 5.74) is 2.40. The van der Waals surface area contributed by atoms with Gasteiger partial charge in [0.15, 0.2) is 0 Å². The Morgan fingerprint density at radius 3 is 2.50 bits per heavy atom. The number of rotatable bonds is 8. The molecule has 0 heterocycles. The zero-order valence-corrected chi connectivity index (χ0v) is 12.7. The third-order valence-electron chi connectivity index (χ3n) is 3.87. The van der Waals surface area contributed by atoms with Crippen LogP contribution in [-0.2, 0) is 11.2 Å². The highest BCUT2D eigenvalue weighted by molar-refractivity contribution is 5.81. The lowest BCUT2D eigenvalue weighted by molar-refractivity contribution is -0.129. The van der Waals surface area contributed by atoms with Crippen LogP contribution in [-0.4, -0.2) is 29.9 Å². The second-order valence-corrected chi connectivity index (χ2v) is 5.56. The molecule has 1 N–H and O–H groups in total. The van der Waals surface area contributed by atoms with Gasteiger partial charge in [0, 0.05) is 18.3 Å². The van der Waals surface area contributed by atoms with Gasteiger partial charge < -0.3 is 10.2 Å². The van der Waals surface area contributed by atoms with E-state index < -0.39 is 0 Å². The minimum absolute atomic E-state index is 0.213. The van der Waals surface area contributed by atoms with Crippen LogP contribution in [0.5, 0.6) is 0 Å². The first-order valence-corrected chi connectivity index (χ1v) is 7.86. The Bertz CT molecular complexity index is 423. The first-order valence-electron chi connectivity index (χ1n) is 7.86. The van der Waals surface area contributed by atoms with E-state index in [4.69, 9.17) is 0 Å². The molecule has 3 nitrogen and oxygen atoms in total. The van der Waals surface area contributed by atoms with Crippen LogP contribution in [0.3, 0.4) is 0 Å². The predicted octanol–water partition coefficient (Wildman–Crippen LogP) is 3.45. The molecule has 1 aliphatic carbocycles. The van der Waals surface area contributed by atoms with Gasteiger partial charge in [-0.25, -0.2) is 0 Å². The fourth-order valence-electron chi connectivity index (χ4n) is 2.47. The van der Waals surface area contributed by atoms with Crippen LogP contribution in [0.15, 0.2) is 24.3 Å². The molecule has 0 spiro atoms. The van der Waals surface area contributed by atoms with Crippen LogP contribution in [0.1, 0.15) is 45.1 Å². The molecule has 0 radical (unpaired) electrons. The number of nitrogens with zero attached hydrogens (tertiary/aromatic N) is 1. The van der Waals surface area contributed by atoms with Gasteiger partial charge in [0.1, 0.15) is 0 Å². The van der Waals surface area contributed by atoms with Crippen molar-refractivity contribution in [1.82, 2.24) is 4.90 Å². The Morgan fingerprint density at radius 1 is 1.25 bits per heavy atom. The number of unbranched alkanes of at least 4 members (excludes halogenated alkanes) is 1. The van der Waals surface area contributed by atoms with Crippen molar-refractivity contribution >= 4 is 11.6 Å². The summed E-state index contributed by atoms with van der Waals surface area (Å²) in [5, 5.41) is 3.23. The van der Waals surface area contributed by atoms with E-state index in [0.717, 1.165) is 18.7 Å². The molecule has 1 fully saturated rings. The van der Waals surface area contributed by atoms with E-state index in [9.17, 15) is 4.79 Å². The van der Waals surface area contributed by atoms with Crippen molar-refractivity contribution in [3.63, 3.8) is 0 Å². The highest BCUT2D eigenvalue weighted by Crippen LogP contribution is 2.26. The van der Waals surface area contributed by atoms with Gasteiger partial charge in [-0.2, -0.15) is 0 Å². The molecule has 0 aliphatic heterocycles. The van der Waals surface area contributed by atoms with Gasteiger partial charge in [-0.3, -0.25) is 4.79 Å². The molecule has 0 saturated heterocycles. The van der Waals surface area contributed by atoms with Crippen molar-refractivity contribution in [1.29, 1.82) is 0 Å². The topological polar surface area (TPSA) is 32.3 Å². The van der Waals surface area contributed by atoms with Crippen molar-refractivity contribution in [3.05, 3.63) is 29.8 Å². The first-order chi connectivity index (χ1) is 9.74. The smallest absolute Gasteiger partial charge is 0.242 e. The second kappa shape index (κ2) is 7.32. The summed E-state index contributed by atoms with van der Waals surface area (Å²) in [5.74, 6) is 0.213. The lowest BCUT2D eigenvalue weighted by atomic mass is 10.1. The zero-order valence-electron chi connectivity index (χ0n) is 12.7. The lowest BCUT2D eigenvalue weighted by Gasteiger charge is -2.20. The van der Waals surface area contributed by atoms with Gasteiger partial charge in [-0.15, -0.1) is 0 Å². The Kier molecular flexibility index (Phi) is 5.45. The number of likely N-dealkylation sites (N-methyl/N-ethyl adjacent to an activating group) is 1. The number of carbonyl (C=O) groups is 1. The minimum atomic E-state index is 0.213. The molecule has 0 atom stereocenters. The van der Waals surface area contributed by atoms with Gasteiger partial charge in [-0.1, -0.05) is 25.5 Å². The average molecular weight is 274 g/mol. The molecule has 110 valence electrons. The number of aryl methyl sites for hydroxylation is 1. The number of hydrogen-bond acceptors (Lipinski definition) is 2. The molecule has 1 aromatic rings. The van der Waals surface area contributed by atoms with Crippen molar-refractivity contribution < 1.29 is 4.79 Å². The normalized spacial score (nSPS) is 14.1. The molecule has 0 bridgehead atoms. The van der Waals surface area contributed by atoms with Crippen LogP contribution in [0.2, 0.25) is 0 Å². The number of hydrogen-bond donors (Lipinski definition) is 1. The van der Waals surface area contributed by atoms with Crippen LogP contribution in [0.25, 0.3) is 0 Å². The van der Waals surface area contributed by atoms with E-state index in [1.54, 1.807) is 0 Å². The summed E-state index contributed by atoms with van der Waals surface area (Å²) < 4.78 is 0. The Morgan fingerprint density at radius 2 is 1.95 bits per heavy atom. The van der Waals surface area contributed by atoms with Crippen LogP contribution in [0, 0.1) is 0 Å². The quantitative estimate of drug-likeness (QED) is 0.787. The van der Waals surface area contributed by atoms with E-state index in [0.29, 0.717) is 12.6 Å². The molecule has 0 unspecified atom stereocenters. The minimum Gasteiger partial charge on any atom is -0.376 e. The van der Waals surface area contributed by atoms with Crippen molar-refractivity contribution in [2.24, 2.45) is 0 Å². The average Bonchev–Trinajstić information content (AvgIpc) is 3.29. The Balaban J connectivity index is 1.79. The highest BCUT2D eigenvalue weighted by atomic mass is 16.2. The molecular weight excluding hydrogens is 248 g/mol. The fraction of sp³-hybridized carbons (Fsp3) is 0.588. The van der Waals surface area contributed by atoms with Crippen molar-refractivity contribution in [3.8, 4) is 0 Å². The largest absolute Gasteiger partial charge is 0.376 e. The number of nitrogens with one attached hydrogen (secondary N) is 1. The predicted molar refractivity (Wildman–Crippen MR) is 84.0 cm³/mol. The van der Waals surface area contributed by atoms with Crippen molar-refractivity contribution in [2.75, 3.05) is 18.4 Å². The summed E-state index contributed by atoms with van der Waals surface area (Å²) in [6.07, 6.45) is 5.94. The zero-order chi connectivity index (χ0) is 14.4. The van der Waals surface area contributed by atoms with Crippen LogP contribution < -0.4 is 5.32 Å². The molecule has 1 amide bonds. The molecule has 0 aromatic heterocycles. The molecule has 1 saturated carbocycles. The van der Waals surface area contributed by atoms with E-state index >= 15 is 0 Å². The lowest BCUT2D eigenvalue weighted by Crippen LogP contribution is -2.37. The van der Waals surface area contributed by atoms with Crippen molar-refractivity contribution in [2.45, 2.75) is 52.0 Å². The summed E-state index contributed by atoms with van der Waals surface area (Å²) in [7, 11) is 0. The monoisotopic (exact) mass is 274 g/mol. The number of carbonyl (C=O) groups excluding carboxylic acids is 1. The number of anilines is 1. The first kappa shape index (κ1) is 14.9. The third-order valence-corrected chi connectivity index (χ3v) is 3.87. The maximum Gasteiger partial charge on any atom is 0.242 e. The van der Waals surface area contributed by atoms with Gasteiger partial charge >= 0.3 is 0 Å². The molecule has 20 heavy (non-hydrogen) atoms. The molecule has 2 rings (SSSR count). The number of benzene rings is 1. The molecule has 1 aromatic carbocycles. The summed E-state index contributed by atoms with van der Waals surface area (Å²) in [6, 6.07) is 8.96. The van der Waals surface area contributed by atoms with Crippen LogP contribution in [0.4, 0.5) is 5.69 Å². The summed E-state index contributed by atoms with van der Waals surface area (Å²) in [6.45, 7) is 5.49. The maximum atomic E-state index is 12.1. The third kappa shape index (κ3) is 4.26. The Labute approximate surface area is 122 Å². The second-order valence-electron chi connectivity index (χ2n) is 5.56. The van der Waals surface area contributed by atoms with Gasteiger partial charge in [0.2, 0.25) is 5.91 Å². The van der Waals surface area contributed by atoms with Gasteiger partial charge in [0.05, 0.1) is 6.54 Å². The van der Waals surface area contributed by atoms with E-state index in [-0.39, 0.29) is 5.91 Å². The maximum absolute atomic E-state index is 12.1. The summed E-state index contributed by atoms with van der Waals surface area (Å²) >= 11 is 0. The standard InChI is InChI=1S/C17H26N2O/c1-3-5-6-14-7-9-15(10-8-14)18-13-17(20)19(4-2)16-11-12-16/h7-10,16,18H,3-6,11-13H2,1-2H3. The highest BCUT2D eigenvalue weighted by Gasteiger charge is 2.30. The SMILES string of the molecule is CCCCc1ccc(NCC(=O)N(CC)C2CC2)cc1. The van der Waals surface area contributed by atoms with Gasteiger partial charge in [0.25, 0.3) is 0 Å². The molecule has 3 heteroatoms. The van der Waals surface area contributed by atoms with E-state index in [1.165, 1.54) is 31.2 Å². The number of amides is 1.